The maximum atomic E-state index is 12.0. The number of aromatic nitrogens is 3. The summed E-state index contributed by atoms with van der Waals surface area (Å²) in [6.07, 6.45) is 3.84. The van der Waals surface area contributed by atoms with Gasteiger partial charge in [0.1, 0.15) is 5.82 Å². The summed E-state index contributed by atoms with van der Waals surface area (Å²) in [6.45, 7) is 5.70. The van der Waals surface area contributed by atoms with Gasteiger partial charge < -0.3 is 9.47 Å². The van der Waals surface area contributed by atoms with Crippen molar-refractivity contribution in [1.82, 2.24) is 19.4 Å². The molecule has 1 aliphatic heterocycles. The van der Waals surface area contributed by atoms with Crippen LogP contribution in [0.1, 0.15) is 40.5 Å². The van der Waals surface area contributed by atoms with Crippen molar-refractivity contribution in [2.45, 2.75) is 32.9 Å². The van der Waals surface area contributed by atoms with Crippen LogP contribution in [0.25, 0.3) is 0 Å². The third kappa shape index (κ3) is 3.09. The lowest BCUT2D eigenvalue weighted by Crippen LogP contribution is -2.38. The van der Waals surface area contributed by atoms with Crippen LogP contribution in [0, 0.1) is 6.92 Å². The van der Waals surface area contributed by atoms with Crippen molar-refractivity contribution in [1.29, 1.82) is 0 Å². The minimum Gasteiger partial charge on any atom is -0.338 e. The molecule has 2 aromatic heterocycles. The number of rotatable bonds is 3. The molecule has 4 rings (SSSR count). The van der Waals surface area contributed by atoms with E-state index in [0.29, 0.717) is 19.6 Å². The van der Waals surface area contributed by atoms with Crippen molar-refractivity contribution >= 4 is 17.2 Å². The number of hydrogen-bond donors (Lipinski definition) is 0. The van der Waals surface area contributed by atoms with Gasteiger partial charge in [0.2, 0.25) is 5.91 Å². The summed E-state index contributed by atoms with van der Waals surface area (Å²) < 4.78 is 2.15. The van der Waals surface area contributed by atoms with Crippen molar-refractivity contribution in [2.75, 3.05) is 6.54 Å². The molecule has 0 saturated heterocycles. The molecule has 0 fully saturated rings. The van der Waals surface area contributed by atoms with Crippen LogP contribution in [0.15, 0.2) is 42.0 Å². The van der Waals surface area contributed by atoms with Gasteiger partial charge in [-0.15, -0.1) is 11.3 Å². The molecule has 1 unspecified atom stereocenters. The van der Waals surface area contributed by atoms with Gasteiger partial charge in [0.05, 0.1) is 23.2 Å². The number of fused-ring (bicyclic) bond motifs is 1. The van der Waals surface area contributed by atoms with Gasteiger partial charge in [-0.1, -0.05) is 24.3 Å². The maximum absolute atomic E-state index is 12.0. The Balaban J connectivity index is 1.71. The number of carbonyl (C=O) groups is 1. The fourth-order valence-electron chi connectivity index (χ4n) is 3.49. The van der Waals surface area contributed by atoms with Crippen LogP contribution in [0.4, 0.5) is 0 Å². The fraction of sp³-hybridized carbons (Fsp3) is 0.316. The number of carbonyl (C=O) groups excluding carboxylic acids is 1. The average Bonchev–Trinajstić information content (AvgIpc) is 3.23. The Bertz CT molecular complexity index is 914. The van der Waals surface area contributed by atoms with Gasteiger partial charge in [0.15, 0.2) is 0 Å². The van der Waals surface area contributed by atoms with Crippen molar-refractivity contribution in [3.8, 4) is 0 Å². The summed E-state index contributed by atoms with van der Waals surface area (Å²) in [5, 5.41) is 3.16. The van der Waals surface area contributed by atoms with Gasteiger partial charge in [0, 0.05) is 37.8 Å². The van der Waals surface area contributed by atoms with Crippen LogP contribution in [-0.4, -0.2) is 31.9 Å². The summed E-state index contributed by atoms with van der Waals surface area (Å²) in [5.74, 6) is 1.18. The Morgan fingerprint density at radius 3 is 2.96 bits per heavy atom. The summed E-state index contributed by atoms with van der Waals surface area (Å²) in [7, 11) is 0. The van der Waals surface area contributed by atoms with Crippen molar-refractivity contribution in [3.05, 3.63) is 69.7 Å². The van der Waals surface area contributed by atoms with E-state index in [0.717, 1.165) is 16.5 Å². The number of thiazole rings is 1. The SMILES string of the molecule is CC(=O)N1Cc2ccccc2C(c2nccn2Cc2csc(C)n2)C1. The molecule has 0 N–H and O–H groups in total. The second kappa shape index (κ2) is 6.44. The number of benzene rings is 1. The largest absolute Gasteiger partial charge is 0.338 e. The van der Waals surface area contributed by atoms with E-state index in [4.69, 9.17) is 0 Å². The second-order valence-electron chi connectivity index (χ2n) is 6.42. The van der Waals surface area contributed by atoms with Gasteiger partial charge in [-0.2, -0.15) is 0 Å². The summed E-state index contributed by atoms with van der Waals surface area (Å²) in [5.41, 5.74) is 3.52. The van der Waals surface area contributed by atoms with E-state index in [1.807, 2.05) is 30.3 Å². The van der Waals surface area contributed by atoms with E-state index in [2.05, 4.69) is 38.1 Å². The molecule has 5 nitrogen and oxygen atoms in total. The summed E-state index contributed by atoms with van der Waals surface area (Å²) in [4.78, 5) is 23.1. The minimum atomic E-state index is 0.0867. The molecule has 0 saturated carbocycles. The molecule has 3 heterocycles. The first kappa shape index (κ1) is 16.0. The molecule has 3 aromatic rings. The number of aryl methyl sites for hydroxylation is 1. The summed E-state index contributed by atoms with van der Waals surface area (Å²) in [6, 6.07) is 8.36. The van der Waals surface area contributed by atoms with Crippen LogP contribution in [0.5, 0.6) is 0 Å². The van der Waals surface area contributed by atoms with E-state index >= 15 is 0 Å². The third-order valence-corrected chi connectivity index (χ3v) is 5.52. The lowest BCUT2D eigenvalue weighted by Gasteiger charge is -2.34. The molecular weight excluding hydrogens is 332 g/mol. The Labute approximate surface area is 151 Å². The fourth-order valence-corrected chi connectivity index (χ4v) is 4.09. The van der Waals surface area contributed by atoms with Crippen LogP contribution in [0.3, 0.4) is 0 Å². The molecule has 128 valence electrons. The molecular formula is C19H20N4OS. The molecule has 6 heteroatoms. The number of hydrogen-bond acceptors (Lipinski definition) is 4. The summed E-state index contributed by atoms with van der Waals surface area (Å²) >= 11 is 1.66. The topological polar surface area (TPSA) is 51.0 Å². The van der Waals surface area contributed by atoms with Gasteiger partial charge in [-0.05, 0) is 18.1 Å². The Hall–Kier alpha value is -2.47. The molecule has 1 aliphatic rings. The monoisotopic (exact) mass is 352 g/mol. The van der Waals surface area contributed by atoms with E-state index in [9.17, 15) is 4.79 Å². The van der Waals surface area contributed by atoms with Crippen molar-refractivity contribution in [3.63, 3.8) is 0 Å². The highest BCUT2D eigenvalue weighted by Crippen LogP contribution is 2.33. The highest BCUT2D eigenvalue weighted by atomic mass is 32.1. The van der Waals surface area contributed by atoms with Crippen LogP contribution >= 0.6 is 11.3 Å². The van der Waals surface area contributed by atoms with Gasteiger partial charge >= 0.3 is 0 Å². The third-order valence-electron chi connectivity index (χ3n) is 4.70. The van der Waals surface area contributed by atoms with Crippen LogP contribution in [-0.2, 0) is 17.9 Å². The zero-order valence-corrected chi connectivity index (χ0v) is 15.2. The van der Waals surface area contributed by atoms with E-state index < -0.39 is 0 Å². The first-order chi connectivity index (χ1) is 12.1. The molecule has 1 amide bonds. The molecule has 1 aromatic carbocycles. The molecule has 0 spiro atoms. The Morgan fingerprint density at radius 2 is 2.20 bits per heavy atom. The van der Waals surface area contributed by atoms with Gasteiger partial charge in [-0.25, -0.2) is 9.97 Å². The van der Waals surface area contributed by atoms with Crippen LogP contribution < -0.4 is 0 Å². The Morgan fingerprint density at radius 1 is 1.36 bits per heavy atom. The Kier molecular flexibility index (Phi) is 4.13. The van der Waals surface area contributed by atoms with E-state index in [1.54, 1.807) is 18.3 Å². The van der Waals surface area contributed by atoms with Crippen molar-refractivity contribution in [2.24, 2.45) is 0 Å². The number of nitrogens with zero attached hydrogens (tertiary/aromatic N) is 4. The zero-order chi connectivity index (χ0) is 17.4. The van der Waals surface area contributed by atoms with Gasteiger partial charge in [-0.3, -0.25) is 4.79 Å². The molecule has 0 aliphatic carbocycles. The van der Waals surface area contributed by atoms with E-state index in [-0.39, 0.29) is 11.8 Å². The lowest BCUT2D eigenvalue weighted by molar-refractivity contribution is -0.129. The maximum Gasteiger partial charge on any atom is 0.219 e. The molecule has 0 bridgehead atoms. The van der Waals surface area contributed by atoms with Crippen LogP contribution in [0.2, 0.25) is 0 Å². The second-order valence-corrected chi connectivity index (χ2v) is 7.48. The standard InChI is InChI=1S/C19H20N4OS/c1-13-21-16(12-25-13)10-22-8-7-20-19(22)18-11-23(14(2)24)9-15-5-3-4-6-17(15)18/h3-8,12,18H,9-11H2,1-2H3. The predicted molar refractivity (Wildman–Crippen MR) is 97.6 cm³/mol. The van der Waals surface area contributed by atoms with Gasteiger partial charge in [0.25, 0.3) is 0 Å². The number of imidazole rings is 1. The first-order valence-electron chi connectivity index (χ1n) is 8.37. The smallest absolute Gasteiger partial charge is 0.219 e. The van der Waals surface area contributed by atoms with E-state index in [1.165, 1.54) is 11.1 Å². The average molecular weight is 352 g/mol. The molecule has 0 radical (unpaired) electrons. The quantitative estimate of drug-likeness (QED) is 0.727. The highest BCUT2D eigenvalue weighted by molar-refractivity contribution is 7.09. The zero-order valence-electron chi connectivity index (χ0n) is 14.3. The minimum absolute atomic E-state index is 0.0867. The normalized spacial score (nSPS) is 16.7. The first-order valence-corrected chi connectivity index (χ1v) is 9.25. The highest BCUT2D eigenvalue weighted by Gasteiger charge is 2.30. The predicted octanol–water partition coefficient (Wildman–Crippen LogP) is 3.19. The lowest BCUT2D eigenvalue weighted by atomic mass is 9.89. The number of amides is 1. The van der Waals surface area contributed by atoms with Crippen molar-refractivity contribution < 1.29 is 4.79 Å². The molecule has 25 heavy (non-hydrogen) atoms. The molecule has 1 atom stereocenters.